The van der Waals surface area contributed by atoms with Gasteiger partial charge in [-0.3, -0.25) is 9.48 Å². The summed E-state index contributed by atoms with van der Waals surface area (Å²) in [6.45, 7) is 0. The number of nitrogens with zero attached hydrogens (tertiary/aromatic N) is 2. The maximum Gasteiger partial charge on any atom is 0.273 e. The number of benzene rings is 1. The molecule has 0 radical (unpaired) electrons. The number of amides is 1. The lowest BCUT2D eigenvalue weighted by molar-refractivity contribution is 0.101. The number of nitrogens with one attached hydrogen (secondary N) is 1. The molecule has 17 heavy (non-hydrogen) atoms. The Labute approximate surface area is 103 Å². The van der Waals surface area contributed by atoms with E-state index >= 15 is 0 Å². The summed E-state index contributed by atoms with van der Waals surface area (Å²) in [5, 5.41) is 7.04. The van der Waals surface area contributed by atoms with Crippen molar-refractivity contribution < 1.29 is 4.79 Å². The number of nitrogen functional groups attached to an aromatic ring is 1. The van der Waals surface area contributed by atoms with Gasteiger partial charge in [0.05, 0.1) is 10.7 Å². The third-order valence-corrected chi connectivity index (χ3v) is 2.62. The zero-order valence-electron chi connectivity index (χ0n) is 9.14. The molecule has 88 valence electrons. The van der Waals surface area contributed by atoms with E-state index in [4.69, 9.17) is 17.3 Å². The molecule has 1 aromatic carbocycles. The van der Waals surface area contributed by atoms with Gasteiger partial charge in [-0.05, 0) is 24.3 Å². The lowest BCUT2D eigenvalue weighted by Crippen LogP contribution is -2.16. The second-order valence-electron chi connectivity index (χ2n) is 3.53. The molecule has 0 spiro atoms. The molecule has 0 bridgehead atoms. The third kappa shape index (κ3) is 2.39. The number of carbonyl (C=O) groups is 1. The number of halogens is 1. The summed E-state index contributed by atoms with van der Waals surface area (Å²) in [6.07, 6.45) is 1.55. The van der Waals surface area contributed by atoms with Gasteiger partial charge in [-0.25, -0.2) is 0 Å². The van der Waals surface area contributed by atoms with Gasteiger partial charge < -0.3 is 11.1 Å². The molecule has 0 unspecified atom stereocenters. The van der Waals surface area contributed by atoms with Gasteiger partial charge in [-0.15, -0.1) is 0 Å². The number of carbonyl (C=O) groups excluding carboxylic acids is 1. The highest BCUT2D eigenvalue weighted by molar-refractivity contribution is 6.34. The Morgan fingerprint density at radius 3 is 2.88 bits per heavy atom. The van der Waals surface area contributed by atoms with Crippen LogP contribution in [0.2, 0.25) is 5.02 Å². The van der Waals surface area contributed by atoms with E-state index in [1.54, 1.807) is 37.5 Å². The third-order valence-electron chi connectivity index (χ3n) is 2.29. The molecule has 6 heteroatoms. The van der Waals surface area contributed by atoms with Crippen molar-refractivity contribution in [2.45, 2.75) is 0 Å². The maximum absolute atomic E-state index is 11.9. The van der Waals surface area contributed by atoms with Gasteiger partial charge in [0.25, 0.3) is 5.91 Å². The Morgan fingerprint density at radius 1 is 1.47 bits per heavy atom. The van der Waals surface area contributed by atoms with E-state index in [9.17, 15) is 4.79 Å². The van der Waals surface area contributed by atoms with Gasteiger partial charge in [0.1, 0.15) is 5.69 Å². The molecule has 5 nitrogen and oxygen atoms in total. The highest BCUT2D eigenvalue weighted by atomic mass is 35.5. The summed E-state index contributed by atoms with van der Waals surface area (Å²) >= 11 is 5.95. The van der Waals surface area contributed by atoms with Crippen molar-refractivity contribution in [1.29, 1.82) is 0 Å². The molecule has 0 saturated carbocycles. The molecule has 0 atom stereocenters. The fraction of sp³-hybridized carbons (Fsp3) is 0.0909. The second kappa shape index (κ2) is 4.47. The van der Waals surface area contributed by atoms with Crippen LogP contribution in [0.1, 0.15) is 10.5 Å². The van der Waals surface area contributed by atoms with Crippen molar-refractivity contribution in [2.24, 2.45) is 7.05 Å². The summed E-state index contributed by atoms with van der Waals surface area (Å²) in [7, 11) is 1.69. The highest BCUT2D eigenvalue weighted by Crippen LogP contribution is 2.24. The molecular weight excluding hydrogens is 240 g/mol. The topological polar surface area (TPSA) is 72.9 Å². The summed E-state index contributed by atoms with van der Waals surface area (Å²) in [5.74, 6) is -0.280. The van der Waals surface area contributed by atoms with Crippen molar-refractivity contribution >= 4 is 28.9 Å². The van der Waals surface area contributed by atoms with Gasteiger partial charge in [0.15, 0.2) is 0 Å². The Hall–Kier alpha value is -2.01. The molecule has 1 heterocycles. The molecule has 0 aliphatic carbocycles. The van der Waals surface area contributed by atoms with E-state index in [0.717, 1.165) is 0 Å². The van der Waals surface area contributed by atoms with Gasteiger partial charge >= 0.3 is 0 Å². The fourth-order valence-electron chi connectivity index (χ4n) is 1.42. The number of nitrogens with two attached hydrogens (primary N) is 1. The Balaban J connectivity index is 2.24. The lowest BCUT2D eigenvalue weighted by atomic mass is 10.2. The van der Waals surface area contributed by atoms with E-state index < -0.39 is 0 Å². The highest BCUT2D eigenvalue weighted by Gasteiger charge is 2.11. The van der Waals surface area contributed by atoms with Crippen LogP contribution in [0, 0.1) is 0 Å². The van der Waals surface area contributed by atoms with Crippen LogP contribution in [-0.4, -0.2) is 15.7 Å². The van der Waals surface area contributed by atoms with Crippen molar-refractivity contribution in [1.82, 2.24) is 9.78 Å². The molecule has 1 amide bonds. The smallest absolute Gasteiger partial charge is 0.273 e. The van der Waals surface area contributed by atoms with Gasteiger partial charge in [0, 0.05) is 18.9 Å². The predicted octanol–water partition coefficient (Wildman–Crippen LogP) is 1.91. The normalized spacial score (nSPS) is 10.2. The van der Waals surface area contributed by atoms with Crippen LogP contribution < -0.4 is 11.1 Å². The van der Waals surface area contributed by atoms with Crippen molar-refractivity contribution in [3.8, 4) is 0 Å². The SMILES string of the molecule is Cn1nccc1C(=O)Nc1cc(N)ccc1Cl. The Bertz CT molecular complexity index is 564. The summed E-state index contributed by atoms with van der Waals surface area (Å²) in [6, 6.07) is 6.53. The van der Waals surface area contributed by atoms with Crippen LogP contribution in [-0.2, 0) is 7.05 Å². The number of aromatic nitrogens is 2. The minimum atomic E-state index is -0.280. The zero-order chi connectivity index (χ0) is 12.4. The minimum absolute atomic E-state index is 0.280. The van der Waals surface area contributed by atoms with Crippen LogP contribution >= 0.6 is 11.6 Å². The van der Waals surface area contributed by atoms with Crippen LogP contribution in [0.4, 0.5) is 11.4 Å². The van der Waals surface area contributed by atoms with Crippen LogP contribution in [0.3, 0.4) is 0 Å². The lowest BCUT2D eigenvalue weighted by Gasteiger charge is -2.08. The van der Waals surface area contributed by atoms with Crippen molar-refractivity contribution in [3.05, 3.63) is 41.2 Å². The van der Waals surface area contributed by atoms with Crippen LogP contribution in [0.15, 0.2) is 30.5 Å². The average molecular weight is 251 g/mol. The van der Waals surface area contributed by atoms with E-state index in [1.807, 2.05) is 0 Å². The van der Waals surface area contributed by atoms with Crippen LogP contribution in [0.5, 0.6) is 0 Å². The predicted molar refractivity (Wildman–Crippen MR) is 67.0 cm³/mol. The standard InChI is InChI=1S/C11H11ClN4O/c1-16-10(4-5-14-16)11(17)15-9-6-7(13)2-3-8(9)12/h2-6H,13H2,1H3,(H,15,17). The number of rotatable bonds is 2. The van der Waals surface area contributed by atoms with Crippen LogP contribution in [0.25, 0.3) is 0 Å². The summed E-state index contributed by atoms with van der Waals surface area (Å²) < 4.78 is 1.48. The maximum atomic E-state index is 11.9. The van der Waals surface area contributed by atoms with E-state index in [-0.39, 0.29) is 5.91 Å². The molecular formula is C11H11ClN4O. The quantitative estimate of drug-likeness (QED) is 0.800. The molecule has 3 N–H and O–H groups in total. The van der Waals surface area contributed by atoms with E-state index in [1.165, 1.54) is 4.68 Å². The zero-order valence-corrected chi connectivity index (χ0v) is 9.90. The van der Waals surface area contributed by atoms with E-state index in [2.05, 4.69) is 10.4 Å². The summed E-state index contributed by atoms with van der Waals surface area (Å²) in [4.78, 5) is 11.9. The van der Waals surface area contributed by atoms with Crippen molar-refractivity contribution in [2.75, 3.05) is 11.1 Å². The van der Waals surface area contributed by atoms with E-state index in [0.29, 0.717) is 22.1 Å². The molecule has 2 aromatic rings. The number of anilines is 2. The molecule has 0 aliphatic heterocycles. The Morgan fingerprint density at radius 2 is 2.24 bits per heavy atom. The van der Waals surface area contributed by atoms with Gasteiger partial charge in [0.2, 0.25) is 0 Å². The number of aryl methyl sites for hydroxylation is 1. The molecule has 1 aromatic heterocycles. The molecule has 0 fully saturated rings. The Kier molecular flexibility index (Phi) is 3.01. The van der Waals surface area contributed by atoms with Gasteiger partial charge in [-0.1, -0.05) is 11.6 Å². The second-order valence-corrected chi connectivity index (χ2v) is 3.94. The molecule has 0 saturated heterocycles. The first-order valence-corrected chi connectivity index (χ1v) is 5.30. The monoisotopic (exact) mass is 250 g/mol. The average Bonchev–Trinajstić information content (AvgIpc) is 2.70. The first-order valence-electron chi connectivity index (χ1n) is 4.92. The van der Waals surface area contributed by atoms with Gasteiger partial charge in [-0.2, -0.15) is 5.10 Å². The van der Waals surface area contributed by atoms with Crippen molar-refractivity contribution in [3.63, 3.8) is 0 Å². The fourth-order valence-corrected chi connectivity index (χ4v) is 1.59. The first-order chi connectivity index (χ1) is 8.08. The number of hydrogen-bond acceptors (Lipinski definition) is 3. The molecule has 2 rings (SSSR count). The molecule has 0 aliphatic rings. The first kappa shape index (κ1) is 11.5. The minimum Gasteiger partial charge on any atom is -0.399 e. The summed E-state index contributed by atoms with van der Waals surface area (Å²) in [5.41, 5.74) is 7.09. The number of hydrogen-bond donors (Lipinski definition) is 2. The largest absolute Gasteiger partial charge is 0.399 e.